The van der Waals surface area contributed by atoms with Gasteiger partial charge in [0.2, 0.25) is 5.91 Å². The molecule has 6 nitrogen and oxygen atoms in total. The summed E-state index contributed by atoms with van der Waals surface area (Å²) in [5, 5.41) is 23.1. The maximum absolute atomic E-state index is 11.4. The maximum Gasteiger partial charge on any atom is 0.224 e. The Bertz CT molecular complexity index is 466. The number of aliphatic carboxylic acids is 2. The van der Waals surface area contributed by atoms with E-state index < -0.39 is 11.9 Å². The molecule has 1 amide bonds. The van der Waals surface area contributed by atoms with Crippen molar-refractivity contribution in [2.45, 2.75) is 25.7 Å². The molecule has 1 aromatic carbocycles. The summed E-state index contributed by atoms with van der Waals surface area (Å²) in [4.78, 5) is 32.0. The van der Waals surface area contributed by atoms with Crippen LogP contribution in [0.3, 0.4) is 0 Å². The first-order valence-electron chi connectivity index (χ1n) is 5.76. The third kappa shape index (κ3) is 6.21. The van der Waals surface area contributed by atoms with Crippen molar-refractivity contribution in [3.05, 3.63) is 29.8 Å². The Kier molecular flexibility index (Phi) is 5.53. The van der Waals surface area contributed by atoms with E-state index in [-0.39, 0.29) is 31.6 Å². The molecule has 0 saturated carbocycles. The third-order valence-electron chi connectivity index (χ3n) is 2.37. The summed E-state index contributed by atoms with van der Waals surface area (Å²) >= 11 is 0. The van der Waals surface area contributed by atoms with Crippen molar-refractivity contribution in [2.75, 3.05) is 5.32 Å². The molecule has 0 aromatic heterocycles. The minimum Gasteiger partial charge on any atom is -0.550 e. The SMILES string of the molecule is O=C([O-])CCCC(=O)Nc1ccc(CC(=O)[O-])cc1. The summed E-state index contributed by atoms with van der Waals surface area (Å²) < 4.78 is 0. The second-order valence-electron chi connectivity index (χ2n) is 4.02. The van der Waals surface area contributed by atoms with Crippen LogP contribution < -0.4 is 15.5 Å². The number of carboxylic acids is 2. The van der Waals surface area contributed by atoms with Crippen LogP contribution in [-0.2, 0) is 20.8 Å². The van der Waals surface area contributed by atoms with Crippen LogP contribution in [0, 0.1) is 0 Å². The number of nitrogens with one attached hydrogen (secondary N) is 1. The standard InChI is InChI=1S/C13H15NO5/c15-11(2-1-3-12(16)17)14-10-6-4-9(5-7-10)8-13(18)19/h4-7H,1-3,8H2,(H,14,15)(H,16,17)(H,18,19)/p-2. The van der Waals surface area contributed by atoms with Crippen LogP contribution in [0.1, 0.15) is 24.8 Å². The molecule has 0 aliphatic heterocycles. The highest BCUT2D eigenvalue weighted by atomic mass is 16.4. The molecule has 1 aromatic rings. The van der Waals surface area contributed by atoms with E-state index in [0.717, 1.165) is 0 Å². The first-order valence-corrected chi connectivity index (χ1v) is 5.76. The van der Waals surface area contributed by atoms with Crippen molar-refractivity contribution < 1.29 is 24.6 Å². The van der Waals surface area contributed by atoms with Gasteiger partial charge in [0.1, 0.15) is 0 Å². The van der Waals surface area contributed by atoms with Crippen molar-refractivity contribution >= 4 is 23.5 Å². The third-order valence-corrected chi connectivity index (χ3v) is 2.37. The van der Waals surface area contributed by atoms with E-state index in [1.54, 1.807) is 24.3 Å². The molecule has 1 rings (SSSR count). The predicted octanol–water partition coefficient (Wildman–Crippen LogP) is -1.16. The first kappa shape index (κ1) is 14.7. The van der Waals surface area contributed by atoms with Crippen molar-refractivity contribution in [3.63, 3.8) is 0 Å². The number of benzene rings is 1. The summed E-state index contributed by atoms with van der Waals surface area (Å²) in [5.41, 5.74) is 1.11. The number of anilines is 1. The minimum atomic E-state index is -1.18. The normalized spacial score (nSPS) is 9.89. The Morgan fingerprint density at radius 2 is 1.58 bits per heavy atom. The molecule has 0 fully saturated rings. The maximum atomic E-state index is 11.4. The molecule has 1 N–H and O–H groups in total. The average molecular weight is 263 g/mol. The Balaban J connectivity index is 2.42. The second-order valence-corrected chi connectivity index (χ2v) is 4.02. The summed E-state index contributed by atoms with van der Waals surface area (Å²) in [6, 6.07) is 6.31. The Hall–Kier alpha value is -2.37. The van der Waals surface area contributed by atoms with Gasteiger partial charge >= 0.3 is 0 Å². The molecule has 0 saturated heterocycles. The number of hydrogen-bond acceptors (Lipinski definition) is 5. The van der Waals surface area contributed by atoms with E-state index in [1.807, 2.05) is 0 Å². The van der Waals surface area contributed by atoms with Gasteiger partial charge in [-0.25, -0.2) is 0 Å². The van der Waals surface area contributed by atoms with Gasteiger partial charge in [-0.2, -0.15) is 0 Å². The molecule has 0 aliphatic rings. The highest BCUT2D eigenvalue weighted by molar-refractivity contribution is 5.90. The molecule has 6 heteroatoms. The number of rotatable bonds is 7. The van der Waals surface area contributed by atoms with Gasteiger partial charge in [-0.1, -0.05) is 12.1 Å². The van der Waals surface area contributed by atoms with Crippen LogP contribution in [0.25, 0.3) is 0 Å². The van der Waals surface area contributed by atoms with E-state index in [9.17, 15) is 24.6 Å². The largest absolute Gasteiger partial charge is 0.550 e. The van der Waals surface area contributed by atoms with Crippen LogP contribution in [0.5, 0.6) is 0 Å². The van der Waals surface area contributed by atoms with Gasteiger partial charge in [0.15, 0.2) is 0 Å². The van der Waals surface area contributed by atoms with E-state index >= 15 is 0 Å². The van der Waals surface area contributed by atoms with Crippen molar-refractivity contribution in [3.8, 4) is 0 Å². The topological polar surface area (TPSA) is 109 Å². The first-order chi connectivity index (χ1) is 8.97. The molecule has 0 radical (unpaired) electrons. The lowest BCUT2D eigenvalue weighted by Gasteiger charge is -2.07. The molecule has 102 valence electrons. The number of amides is 1. The zero-order valence-corrected chi connectivity index (χ0v) is 10.2. The van der Waals surface area contributed by atoms with Gasteiger partial charge in [-0.3, -0.25) is 4.79 Å². The van der Waals surface area contributed by atoms with Crippen molar-refractivity contribution in [2.24, 2.45) is 0 Å². The highest BCUT2D eigenvalue weighted by Gasteiger charge is 2.02. The smallest absolute Gasteiger partial charge is 0.224 e. The number of carbonyl (C=O) groups is 3. The fourth-order valence-electron chi connectivity index (χ4n) is 1.49. The van der Waals surface area contributed by atoms with Gasteiger partial charge in [-0.05, 0) is 30.5 Å². The fraction of sp³-hybridized carbons (Fsp3) is 0.308. The Morgan fingerprint density at radius 1 is 0.947 bits per heavy atom. The summed E-state index contributed by atoms with van der Waals surface area (Å²) in [5.74, 6) is -2.65. The molecular formula is C13H13NO5-2. The summed E-state index contributed by atoms with van der Waals surface area (Å²) in [6.07, 6.45) is -0.0243. The second kappa shape index (κ2) is 7.15. The van der Waals surface area contributed by atoms with E-state index in [4.69, 9.17) is 0 Å². The molecule has 0 heterocycles. The van der Waals surface area contributed by atoms with Gasteiger partial charge in [0, 0.05) is 30.5 Å². The molecule has 0 atom stereocenters. The van der Waals surface area contributed by atoms with E-state index in [2.05, 4.69) is 5.32 Å². The number of hydrogen-bond donors (Lipinski definition) is 1. The van der Waals surface area contributed by atoms with Gasteiger partial charge < -0.3 is 25.1 Å². The molecular weight excluding hydrogens is 250 g/mol. The fourth-order valence-corrected chi connectivity index (χ4v) is 1.49. The van der Waals surface area contributed by atoms with Crippen molar-refractivity contribution in [1.29, 1.82) is 0 Å². The zero-order chi connectivity index (χ0) is 14.3. The van der Waals surface area contributed by atoms with Crippen LogP contribution in [0.4, 0.5) is 5.69 Å². The average Bonchev–Trinajstić information content (AvgIpc) is 2.30. The van der Waals surface area contributed by atoms with E-state index in [0.29, 0.717) is 11.3 Å². The van der Waals surface area contributed by atoms with Crippen LogP contribution in [0.15, 0.2) is 24.3 Å². The van der Waals surface area contributed by atoms with Gasteiger partial charge in [-0.15, -0.1) is 0 Å². The van der Waals surface area contributed by atoms with Crippen molar-refractivity contribution in [1.82, 2.24) is 0 Å². The van der Waals surface area contributed by atoms with Crippen LogP contribution in [-0.4, -0.2) is 17.8 Å². The van der Waals surface area contributed by atoms with Gasteiger partial charge in [0.05, 0.1) is 0 Å². The molecule has 0 spiro atoms. The predicted molar refractivity (Wildman–Crippen MR) is 62.6 cm³/mol. The zero-order valence-electron chi connectivity index (χ0n) is 10.2. The van der Waals surface area contributed by atoms with Crippen LogP contribution >= 0.6 is 0 Å². The van der Waals surface area contributed by atoms with Gasteiger partial charge in [0.25, 0.3) is 0 Å². The Labute approximate surface area is 110 Å². The number of carboxylic acid groups (broad SMARTS) is 2. The lowest BCUT2D eigenvalue weighted by Crippen LogP contribution is -2.24. The lowest BCUT2D eigenvalue weighted by molar-refractivity contribution is -0.306. The monoisotopic (exact) mass is 263 g/mol. The minimum absolute atomic E-state index is 0.0920. The summed E-state index contributed by atoms with van der Waals surface area (Å²) in [6.45, 7) is 0. The quantitative estimate of drug-likeness (QED) is 0.667. The number of carbonyl (C=O) groups excluding carboxylic acids is 3. The highest BCUT2D eigenvalue weighted by Crippen LogP contribution is 2.10. The molecule has 0 aliphatic carbocycles. The Morgan fingerprint density at radius 3 is 2.11 bits per heavy atom. The summed E-state index contributed by atoms with van der Waals surface area (Å²) in [7, 11) is 0. The molecule has 0 unspecified atom stereocenters. The van der Waals surface area contributed by atoms with Crippen LogP contribution in [0.2, 0.25) is 0 Å². The lowest BCUT2D eigenvalue weighted by atomic mass is 10.1. The molecule has 19 heavy (non-hydrogen) atoms. The van der Waals surface area contributed by atoms with E-state index in [1.165, 1.54) is 0 Å². The molecule has 0 bridgehead atoms.